The molecule has 0 saturated carbocycles. The van der Waals surface area contributed by atoms with Crippen LogP contribution in [-0.2, 0) is 10.1 Å². The molecule has 0 spiro atoms. The zero-order valence-electron chi connectivity index (χ0n) is 18.1. The van der Waals surface area contributed by atoms with Crippen LogP contribution in [0.2, 0.25) is 0 Å². The highest BCUT2D eigenvalue weighted by Crippen LogP contribution is 2.36. The molecule has 0 bridgehead atoms. The van der Waals surface area contributed by atoms with Crippen LogP contribution in [-0.4, -0.2) is 34.3 Å². The van der Waals surface area contributed by atoms with Gasteiger partial charge in [0.15, 0.2) is 17.2 Å². The minimum Gasteiger partial charge on any atom is -0.493 e. The van der Waals surface area contributed by atoms with Gasteiger partial charge in [-0.05, 0) is 86.8 Å². The molecule has 0 aliphatic heterocycles. The van der Waals surface area contributed by atoms with E-state index in [2.05, 4.69) is 42.4 Å². The molecule has 1 amide bonds. The first-order chi connectivity index (χ1) is 16.2. The number of amides is 1. The minimum absolute atomic E-state index is 0.0353. The van der Waals surface area contributed by atoms with Crippen LogP contribution < -0.4 is 19.1 Å². The van der Waals surface area contributed by atoms with Crippen LogP contribution in [0.4, 0.5) is 0 Å². The summed E-state index contributed by atoms with van der Waals surface area (Å²) in [5, 5.41) is 3.97. The van der Waals surface area contributed by atoms with Gasteiger partial charge in [0.2, 0.25) is 0 Å². The molecule has 34 heavy (non-hydrogen) atoms. The van der Waals surface area contributed by atoms with Crippen molar-refractivity contribution < 1.29 is 26.9 Å². The Morgan fingerprint density at radius 3 is 2.32 bits per heavy atom. The summed E-state index contributed by atoms with van der Waals surface area (Å²) >= 11 is 6.65. The Balaban J connectivity index is 1.73. The summed E-state index contributed by atoms with van der Waals surface area (Å²) in [6, 6.07) is 15.8. The zero-order valence-corrected chi connectivity index (χ0v) is 22.1. The fourth-order valence-electron chi connectivity index (χ4n) is 2.79. The maximum atomic E-state index is 12.5. The second-order valence-corrected chi connectivity index (χ2v) is 9.92. The van der Waals surface area contributed by atoms with Gasteiger partial charge in [-0.1, -0.05) is 18.2 Å². The lowest BCUT2D eigenvalue weighted by Gasteiger charge is -2.11. The first-order valence-corrected chi connectivity index (χ1v) is 12.9. The molecule has 3 rings (SSSR count). The van der Waals surface area contributed by atoms with Crippen LogP contribution in [0.1, 0.15) is 22.8 Å². The third kappa shape index (κ3) is 6.37. The van der Waals surface area contributed by atoms with Gasteiger partial charge in [-0.3, -0.25) is 4.79 Å². The fraction of sp³-hybridized carbons (Fsp3) is 0.130. The standard InChI is InChI=1S/C23H20Br2N2O6S/c1-3-32-21-13-16(9-10-20(21)31-2)23(28)27-26-14-15-11-18(24)22(19(25)12-15)33-34(29,30)17-7-5-4-6-8-17/h4-14H,3H2,1-2H3,(H,27,28)/b26-14+. The molecule has 3 aromatic rings. The molecule has 0 fully saturated rings. The van der Waals surface area contributed by atoms with Gasteiger partial charge in [-0.2, -0.15) is 13.5 Å². The summed E-state index contributed by atoms with van der Waals surface area (Å²) in [5.41, 5.74) is 3.37. The lowest BCUT2D eigenvalue weighted by molar-refractivity contribution is 0.0954. The summed E-state index contributed by atoms with van der Waals surface area (Å²) in [5.74, 6) is 0.627. The fourth-order valence-corrected chi connectivity index (χ4v) is 5.38. The van der Waals surface area contributed by atoms with E-state index in [1.807, 2.05) is 6.92 Å². The average molecular weight is 612 g/mol. The molecule has 0 heterocycles. The molecular formula is C23H20Br2N2O6S. The second kappa shape index (κ2) is 11.5. The van der Waals surface area contributed by atoms with Gasteiger partial charge in [-0.25, -0.2) is 5.43 Å². The monoisotopic (exact) mass is 610 g/mol. The van der Waals surface area contributed by atoms with Crippen LogP contribution in [0.25, 0.3) is 0 Å². The van der Waals surface area contributed by atoms with Crippen molar-refractivity contribution in [1.29, 1.82) is 0 Å². The quantitative estimate of drug-likeness (QED) is 0.204. The minimum atomic E-state index is -4.01. The van der Waals surface area contributed by atoms with Gasteiger partial charge in [-0.15, -0.1) is 0 Å². The molecule has 1 N–H and O–H groups in total. The van der Waals surface area contributed by atoms with E-state index in [-0.39, 0.29) is 10.6 Å². The first kappa shape index (κ1) is 25.7. The molecule has 0 aliphatic carbocycles. The summed E-state index contributed by atoms with van der Waals surface area (Å²) in [6.07, 6.45) is 1.41. The van der Waals surface area contributed by atoms with E-state index < -0.39 is 16.0 Å². The second-order valence-electron chi connectivity index (χ2n) is 6.66. The number of rotatable bonds is 9. The Hall–Kier alpha value is -2.89. The van der Waals surface area contributed by atoms with Crippen molar-refractivity contribution in [3.05, 3.63) is 80.7 Å². The summed E-state index contributed by atoms with van der Waals surface area (Å²) < 4.78 is 41.8. The van der Waals surface area contributed by atoms with Crippen LogP contribution in [0.15, 0.2) is 79.6 Å². The molecule has 3 aromatic carbocycles. The molecule has 0 unspecified atom stereocenters. The van der Waals surface area contributed by atoms with Crippen LogP contribution in [0.3, 0.4) is 0 Å². The van der Waals surface area contributed by atoms with Crippen LogP contribution in [0, 0.1) is 0 Å². The number of nitrogens with zero attached hydrogens (tertiary/aromatic N) is 1. The smallest absolute Gasteiger partial charge is 0.339 e. The molecule has 0 saturated heterocycles. The lowest BCUT2D eigenvalue weighted by atomic mass is 10.2. The van der Waals surface area contributed by atoms with E-state index in [1.165, 1.54) is 25.5 Å². The Labute approximate surface area is 214 Å². The Morgan fingerprint density at radius 2 is 1.71 bits per heavy atom. The summed E-state index contributed by atoms with van der Waals surface area (Å²) in [7, 11) is -2.49. The van der Waals surface area contributed by atoms with E-state index in [4.69, 9.17) is 13.7 Å². The molecule has 11 heteroatoms. The number of carbonyl (C=O) groups is 1. The highest BCUT2D eigenvalue weighted by Gasteiger charge is 2.20. The zero-order chi connectivity index (χ0) is 24.7. The van der Waals surface area contributed by atoms with Crippen molar-refractivity contribution in [2.75, 3.05) is 13.7 Å². The largest absolute Gasteiger partial charge is 0.493 e. The average Bonchev–Trinajstić information content (AvgIpc) is 2.82. The van der Waals surface area contributed by atoms with Crippen LogP contribution >= 0.6 is 31.9 Å². The normalized spacial score (nSPS) is 11.3. The number of halogens is 2. The Morgan fingerprint density at radius 1 is 1.03 bits per heavy atom. The van der Waals surface area contributed by atoms with E-state index in [0.717, 1.165) is 0 Å². The third-order valence-electron chi connectivity index (χ3n) is 4.35. The van der Waals surface area contributed by atoms with E-state index in [0.29, 0.717) is 38.2 Å². The van der Waals surface area contributed by atoms with Crippen LogP contribution in [0.5, 0.6) is 17.2 Å². The van der Waals surface area contributed by atoms with Gasteiger partial charge in [0.1, 0.15) is 4.90 Å². The third-order valence-corrected chi connectivity index (χ3v) is 6.76. The van der Waals surface area contributed by atoms with Crippen molar-refractivity contribution in [3.63, 3.8) is 0 Å². The van der Waals surface area contributed by atoms with E-state index in [1.54, 1.807) is 48.5 Å². The van der Waals surface area contributed by atoms with Crippen molar-refractivity contribution >= 4 is 54.1 Å². The lowest BCUT2D eigenvalue weighted by Crippen LogP contribution is -2.17. The maximum absolute atomic E-state index is 12.5. The van der Waals surface area contributed by atoms with Crippen molar-refractivity contribution in [2.45, 2.75) is 11.8 Å². The number of carbonyl (C=O) groups excluding carboxylic acids is 1. The number of hydrogen-bond acceptors (Lipinski definition) is 7. The summed E-state index contributed by atoms with van der Waals surface area (Å²) in [6.45, 7) is 2.26. The molecular weight excluding hydrogens is 592 g/mol. The van der Waals surface area contributed by atoms with Crippen molar-refractivity contribution in [1.82, 2.24) is 5.43 Å². The van der Waals surface area contributed by atoms with E-state index >= 15 is 0 Å². The van der Waals surface area contributed by atoms with Gasteiger partial charge in [0, 0.05) is 5.56 Å². The molecule has 178 valence electrons. The number of ether oxygens (including phenoxy) is 2. The van der Waals surface area contributed by atoms with Gasteiger partial charge >= 0.3 is 10.1 Å². The number of hydrazone groups is 1. The van der Waals surface area contributed by atoms with E-state index in [9.17, 15) is 13.2 Å². The Bertz CT molecular complexity index is 1290. The molecule has 0 radical (unpaired) electrons. The van der Waals surface area contributed by atoms with Gasteiger partial charge in [0.25, 0.3) is 5.91 Å². The highest BCUT2D eigenvalue weighted by molar-refractivity contribution is 9.11. The number of methoxy groups -OCH3 is 1. The van der Waals surface area contributed by atoms with Gasteiger partial charge in [0.05, 0.1) is 28.9 Å². The predicted molar refractivity (Wildman–Crippen MR) is 135 cm³/mol. The summed E-state index contributed by atoms with van der Waals surface area (Å²) in [4.78, 5) is 12.5. The molecule has 0 aliphatic rings. The molecule has 0 atom stereocenters. The maximum Gasteiger partial charge on any atom is 0.339 e. The highest BCUT2D eigenvalue weighted by atomic mass is 79.9. The SMILES string of the molecule is CCOc1cc(C(=O)N/N=C/c2cc(Br)c(OS(=O)(=O)c3ccccc3)c(Br)c2)ccc1OC. The predicted octanol–water partition coefficient (Wildman–Crippen LogP) is 5.15. The topological polar surface area (TPSA) is 103 Å². The number of benzene rings is 3. The first-order valence-electron chi connectivity index (χ1n) is 9.88. The van der Waals surface area contributed by atoms with Gasteiger partial charge < -0.3 is 13.7 Å². The number of hydrogen-bond donors (Lipinski definition) is 1. The van der Waals surface area contributed by atoms with Crippen molar-refractivity contribution in [3.8, 4) is 17.2 Å². The molecule has 8 nitrogen and oxygen atoms in total. The number of nitrogens with one attached hydrogen (secondary N) is 1. The molecule has 0 aromatic heterocycles. The Kier molecular flexibility index (Phi) is 8.70. The van der Waals surface area contributed by atoms with Crippen molar-refractivity contribution in [2.24, 2.45) is 5.10 Å².